The van der Waals surface area contributed by atoms with Crippen LogP contribution in [0.2, 0.25) is 0 Å². The number of aryl methyl sites for hydroxylation is 1. The van der Waals surface area contributed by atoms with Crippen LogP contribution >= 0.6 is 0 Å². The Morgan fingerprint density at radius 3 is 2.42 bits per heavy atom. The van der Waals surface area contributed by atoms with Gasteiger partial charge >= 0.3 is 6.43 Å². The molecule has 9 heteroatoms. The van der Waals surface area contributed by atoms with E-state index < -0.39 is 23.7 Å². The normalized spacial score (nSPS) is 17.8. The van der Waals surface area contributed by atoms with Crippen molar-refractivity contribution < 1.29 is 27.9 Å². The minimum atomic E-state index is -3.10. The van der Waals surface area contributed by atoms with Gasteiger partial charge in [0.1, 0.15) is 29.3 Å². The van der Waals surface area contributed by atoms with Crippen molar-refractivity contribution >= 4 is 17.5 Å². The highest BCUT2D eigenvalue weighted by molar-refractivity contribution is 6.11. The SMILES string of the molecule is COc1cc(-c2ccc(C#N)cn2)cc(C)c1C1C(=O)CC2(CC1=O)CN(C(=O)C(F)F)C2. The van der Waals surface area contributed by atoms with Crippen LogP contribution in [0.25, 0.3) is 11.3 Å². The van der Waals surface area contributed by atoms with E-state index in [1.807, 2.05) is 12.1 Å². The molecule has 2 aliphatic rings. The maximum Gasteiger partial charge on any atom is 0.315 e. The van der Waals surface area contributed by atoms with Gasteiger partial charge in [-0.15, -0.1) is 0 Å². The third-order valence-electron chi connectivity index (χ3n) is 6.34. The van der Waals surface area contributed by atoms with Gasteiger partial charge in [0.15, 0.2) is 0 Å². The summed E-state index contributed by atoms with van der Waals surface area (Å²) in [6, 6.07) is 8.87. The van der Waals surface area contributed by atoms with Crippen molar-refractivity contribution in [3.05, 3.63) is 47.2 Å². The lowest BCUT2D eigenvalue weighted by molar-refractivity contribution is -0.162. The topological polar surface area (TPSA) is 100 Å². The molecule has 1 aromatic carbocycles. The number of aromatic nitrogens is 1. The monoisotopic (exact) mass is 453 g/mol. The first-order chi connectivity index (χ1) is 15.7. The lowest BCUT2D eigenvalue weighted by atomic mass is 9.63. The summed E-state index contributed by atoms with van der Waals surface area (Å²) in [6.45, 7) is 1.75. The molecule has 1 saturated heterocycles. The number of amides is 1. The van der Waals surface area contributed by atoms with Crippen LogP contribution in [0, 0.1) is 23.7 Å². The van der Waals surface area contributed by atoms with E-state index in [1.54, 1.807) is 25.1 Å². The molecule has 1 aromatic heterocycles. The van der Waals surface area contributed by atoms with Crippen molar-refractivity contribution in [2.45, 2.75) is 32.1 Å². The maximum absolute atomic E-state index is 13.1. The number of benzene rings is 1. The fourth-order valence-electron chi connectivity index (χ4n) is 4.87. The molecule has 2 fully saturated rings. The average Bonchev–Trinajstić information content (AvgIpc) is 2.77. The van der Waals surface area contributed by atoms with Crippen LogP contribution in [0.5, 0.6) is 5.75 Å². The molecule has 2 aromatic rings. The zero-order chi connectivity index (χ0) is 23.9. The van der Waals surface area contributed by atoms with Crippen molar-refractivity contribution in [2.24, 2.45) is 5.41 Å². The number of likely N-dealkylation sites (tertiary alicyclic amines) is 1. The zero-order valence-corrected chi connectivity index (χ0v) is 18.1. The van der Waals surface area contributed by atoms with E-state index in [0.717, 1.165) is 4.90 Å². The molecule has 7 nitrogen and oxygen atoms in total. The van der Waals surface area contributed by atoms with E-state index in [2.05, 4.69) is 4.98 Å². The van der Waals surface area contributed by atoms with E-state index in [9.17, 15) is 23.2 Å². The molecule has 0 N–H and O–H groups in total. The summed E-state index contributed by atoms with van der Waals surface area (Å²) < 4.78 is 30.8. The van der Waals surface area contributed by atoms with Gasteiger partial charge in [0.25, 0.3) is 5.91 Å². The number of ether oxygens (including phenoxy) is 1. The minimum Gasteiger partial charge on any atom is -0.496 e. The van der Waals surface area contributed by atoms with Crippen LogP contribution in [0.4, 0.5) is 8.78 Å². The molecule has 2 heterocycles. The lowest BCUT2D eigenvalue weighted by Crippen LogP contribution is -2.63. The minimum absolute atomic E-state index is 0.0141. The quantitative estimate of drug-likeness (QED) is 0.660. The highest BCUT2D eigenvalue weighted by Crippen LogP contribution is 2.47. The number of ketones is 2. The molecule has 1 aliphatic heterocycles. The molecule has 0 unspecified atom stereocenters. The lowest BCUT2D eigenvalue weighted by Gasteiger charge is -2.52. The number of methoxy groups -OCH3 is 1. The van der Waals surface area contributed by atoms with Crippen LogP contribution in [0.15, 0.2) is 30.5 Å². The second kappa shape index (κ2) is 8.35. The fourth-order valence-corrected chi connectivity index (χ4v) is 4.87. The first-order valence-electron chi connectivity index (χ1n) is 10.4. The Bertz CT molecular complexity index is 1160. The average molecular weight is 453 g/mol. The van der Waals surface area contributed by atoms with Crippen LogP contribution in [0.3, 0.4) is 0 Å². The number of rotatable bonds is 4. The number of carbonyl (C=O) groups is 3. The summed E-state index contributed by atoms with van der Waals surface area (Å²) in [5.41, 5.74) is 2.16. The van der Waals surface area contributed by atoms with Crippen LogP contribution in [-0.2, 0) is 14.4 Å². The third-order valence-corrected chi connectivity index (χ3v) is 6.34. The first kappa shape index (κ1) is 22.5. The highest BCUT2D eigenvalue weighted by atomic mass is 19.3. The number of halogens is 2. The standard InChI is InChI=1S/C24H21F2N3O4/c1-13-5-15(16-4-3-14(9-27)10-28-16)6-19(33-2)20(13)21-17(30)7-24(8-18(21)31)11-29(12-24)23(32)22(25)26/h3-6,10,21-22H,7-8,11-12H2,1-2H3. The number of nitrogens with zero attached hydrogens (tertiary/aromatic N) is 3. The Labute approximate surface area is 189 Å². The van der Waals surface area contributed by atoms with Crippen molar-refractivity contribution in [1.29, 1.82) is 5.26 Å². The Kier molecular flexibility index (Phi) is 5.70. The van der Waals surface area contributed by atoms with Crippen LogP contribution < -0.4 is 4.74 Å². The van der Waals surface area contributed by atoms with Crippen LogP contribution in [-0.4, -0.2) is 54.0 Å². The van der Waals surface area contributed by atoms with Gasteiger partial charge in [-0.2, -0.15) is 14.0 Å². The molecule has 1 saturated carbocycles. The van der Waals surface area contributed by atoms with Crippen molar-refractivity contribution in [3.8, 4) is 23.1 Å². The van der Waals surface area contributed by atoms with Gasteiger partial charge in [0.05, 0.1) is 18.4 Å². The number of Topliss-reactive ketones (excluding diaryl/α,β-unsaturated/α-hetero) is 2. The maximum atomic E-state index is 13.1. The molecular weight excluding hydrogens is 432 g/mol. The molecular formula is C24H21F2N3O4. The number of nitriles is 1. The summed E-state index contributed by atoms with van der Waals surface area (Å²) in [5, 5.41) is 8.95. The predicted octanol–water partition coefficient (Wildman–Crippen LogP) is 3.05. The molecule has 1 spiro atoms. The first-order valence-corrected chi connectivity index (χ1v) is 10.4. The number of alkyl halides is 2. The summed E-state index contributed by atoms with van der Waals surface area (Å²) >= 11 is 0. The van der Waals surface area contributed by atoms with Gasteiger partial charge in [-0.25, -0.2) is 0 Å². The van der Waals surface area contributed by atoms with E-state index in [-0.39, 0.29) is 37.5 Å². The molecule has 0 radical (unpaired) electrons. The van der Waals surface area contributed by atoms with Crippen LogP contribution in [0.1, 0.15) is 35.4 Å². The van der Waals surface area contributed by atoms with Gasteiger partial charge in [-0.1, -0.05) is 0 Å². The largest absolute Gasteiger partial charge is 0.496 e. The van der Waals surface area contributed by atoms with Gasteiger partial charge in [0.2, 0.25) is 0 Å². The second-order valence-corrected chi connectivity index (χ2v) is 8.67. The third kappa shape index (κ3) is 3.97. The number of pyridine rings is 1. The number of hydrogen-bond donors (Lipinski definition) is 0. The summed E-state index contributed by atoms with van der Waals surface area (Å²) in [7, 11) is 1.45. The predicted molar refractivity (Wildman–Crippen MR) is 113 cm³/mol. The van der Waals surface area contributed by atoms with E-state index in [1.165, 1.54) is 13.3 Å². The number of carbonyl (C=O) groups excluding carboxylic acids is 3. The van der Waals surface area contributed by atoms with E-state index in [0.29, 0.717) is 33.7 Å². The Hall–Kier alpha value is -3.67. The van der Waals surface area contributed by atoms with Gasteiger partial charge in [0, 0.05) is 48.7 Å². The molecule has 0 atom stereocenters. The van der Waals surface area contributed by atoms with Gasteiger partial charge in [-0.05, 0) is 36.8 Å². The molecule has 0 bridgehead atoms. The Morgan fingerprint density at radius 1 is 1.24 bits per heavy atom. The fraction of sp³-hybridized carbons (Fsp3) is 0.375. The van der Waals surface area contributed by atoms with Crippen molar-refractivity contribution in [1.82, 2.24) is 9.88 Å². The van der Waals surface area contributed by atoms with Gasteiger partial charge < -0.3 is 9.64 Å². The Morgan fingerprint density at radius 2 is 1.91 bits per heavy atom. The Balaban J connectivity index is 1.60. The number of hydrogen-bond acceptors (Lipinski definition) is 6. The summed E-state index contributed by atoms with van der Waals surface area (Å²) in [6.07, 6.45) is -1.56. The molecule has 33 heavy (non-hydrogen) atoms. The van der Waals surface area contributed by atoms with E-state index >= 15 is 0 Å². The summed E-state index contributed by atoms with van der Waals surface area (Å²) in [4.78, 5) is 43.0. The molecule has 1 aliphatic carbocycles. The van der Waals surface area contributed by atoms with Gasteiger partial charge in [-0.3, -0.25) is 19.4 Å². The molecule has 170 valence electrons. The van der Waals surface area contributed by atoms with E-state index in [4.69, 9.17) is 10.00 Å². The highest BCUT2D eigenvalue weighted by Gasteiger charge is 2.54. The second-order valence-electron chi connectivity index (χ2n) is 8.67. The summed E-state index contributed by atoms with van der Waals surface area (Å²) in [5.74, 6) is -2.51. The molecule has 1 amide bonds. The van der Waals surface area contributed by atoms with Crippen molar-refractivity contribution in [3.63, 3.8) is 0 Å². The molecule has 4 rings (SSSR count). The van der Waals surface area contributed by atoms with Crippen molar-refractivity contribution in [2.75, 3.05) is 20.2 Å². The zero-order valence-electron chi connectivity index (χ0n) is 18.1. The smallest absolute Gasteiger partial charge is 0.315 e.